The molecule has 0 atom stereocenters. The van der Waals surface area contributed by atoms with Gasteiger partial charge in [0, 0.05) is 18.7 Å². The maximum atomic E-state index is 6.02. The van der Waals surface area contributed by atoms with Crippen LogP contribution in [0, 0.1) is 0 Å². The second-order valence-electron chi connectivity index (χ2n) is 4.87. The van der Waals surface area contributed by atoms with E-state index in [4.69, 9.17) is 10.5 Å². The monoisotopic (exact) mass is 297 g/mol. The molecular weight excluding hydrogens is 274 g/mol. The lowest BCUT2D eigenvalue weighted by atomic mass is 10.2. The molecular formula is C18H23N3O. The van der Waals surface area contributed by atoms with Gasteiger partial charge in [-0.3, -0.25) is 0 Å². The number of aliphatic imine (C=N–C) groups is 1. The van der Waals surface area contributed by atoms with Crippen LogP contribution in [0.25, 0.3) is 0 Å². The standard InChI is InChI=1S/C18H23N3O/c1-3-21(4-2)18(19)20-14-15-10-8-9-13-17(15)22-16-11-6-5-7-12-16/h5-13H,3-4,14H2,1-2H3,(H2,19,20). The van der Waals surface area contributed by atoms with Crippen LogP contribution in [0.1, 0.15) is 19.4 Å². The minimum absolute atomic E-state index is 0.505. The molecule has 0 aliphatic heterocycles. The first-order valence-corrected chi connectivity index (χ1v) is 7.60. The molecule has 0 saturated carbocycles. The number of nitrogens with zero attached hydrogens (tertiary/aromatic N) is 2. The normalized spacial score (nSPS) is 11.3. The molecule has 116 valence electrons. The fourth-order valence-electron chi connectivity index (χ4n) is 2.16. The molecule has 0 bridgehead atoms. The average molecular weight is 297 g/mol. The summed E-state index contributed by atoms with van der Waals surface area (Å²) in [5, 5.41) is 0. The number of ether oxygens (including phenoxy) is 1. The van der Waals surface area contributed by atoms with E-state index < -0.39 is 0 Å². The molecule has 0 saturated heterocycles. The first-order chi connectivity index (χ1) is 10.7. The largest absolute Gasteiger partial charge is 0.457 e. The van der Waals surface area contributed by atoms with Crippen LogP contribution in [-0.4, -0.2) is 23.9 Å². The van der Waals surface area contributed by atoms with E-state index in [1.807, 2.05) is 59.5 Å². The Bertz CT molecular complexity index is 607. The number of guanidine groups is 1. The Labute approximate surface area is 132 Å². The van der Waals surface area contributed by atoms with Crippen molar-refractivity contribution in [2.75, 3.05) is 13.1 Å². The highest BCUT2D eigenvalue weighted by Crippen LogP contribution is 2.25. The number of hydrogen-bond donors (Lipinski definition) is 1. The number of hydrogen-bond acceptors (Lipinski definition) is 2. The molecule has 2 N–H and O–H groups in total. The summed E-state index contributed by atoms with van der Waals surface area (Å²) in [5.41, 5.74) is 7.04. The second-order valence-corrected chi connectivity index (χ2v) is 4.87. The molecule has 22 heavy (non-hydrogen) atoms. The van der Waals surface area contributed by atoms with Crippen LogP contribution in [0.4, 0.5) is 0 Å². The van der Waals surface area contributed by atoms with Crippen molar-refractivity contribution in [1.29, 1.82) is 0 Å². The SMILES string of the molecule is CCN(CC)C(N)=NCc1ccccc1Oc1ccccc1. The molecule has 0 amide bonds. The topological polar surface area (TPSA) is 50.8 Å². The van der Waals surface area contributed by atoms with E-state index in [9.17, 15) is 0 Å². The molecule has 0 fully saturated rings. The van der Waals surface area contributed by atoms with Gasteiger partial charge in [-0.1, -0.05) is 36.4 Å². The third-order valence-corrected chi connectivity index (χ3v) is 3.44. The smallest absolute Gasteiger partial charge is 0.191 e. The summed E-state index contributed by atoms with van der Waals surface area (Å²) in [4.78, 5) is 6.51. The van der Waals surface area contributed by atoms with Crippen LogP contribution in [0.5, 0.6) is 11.5 Å². The third-order valence-electron chi connectivity index (χ3n) is 3.44. The molecule has 2 rings (SSSR count). The molecule has 0 aliphatic rings. The number of nitrogens with two attached hydrogens (primary N) is 1. The summed E-state index contributed by atoms with van der Waals surface area (Å²) in [5.74, 6) is 2.19. The summed E-state index contributed by atoms with van der Waals surface area (Å²) in [6.07, 6.45) is 0. The van der Waals surface area contributed by atoms with Crippen LogP contribution in [0.3, 0.4) is 0 Å². The lowest BCUT2D eigenvalue weighted by Gasteiger charge is -2.19. The van der Waals surface area contributed by atoms with E-state index in [0.29, 0.717) is 12.5 Å². The quantitative estimate of drug-likeness (QED) is 0.654. The number of benzene rings is 2. The number of rotatable bonds is 6. The van der Waals surface area contributed by atoms with Gasteiger partial charge >= 0.3 is 0 Å². The molecule has 0 aliphatic carbocycles. The van der Waals surface area contributed by atoms with Crippen molar-refractivity contribution in [2.45, 2.75) is 20.4 Å². The lowest BCUT2D eigenvalue weighted by molar-refractivity contribution is 0.456. The van der Waals surface area contributed by atoms with Gasteiger partial charge < -0.3 is 15.4 Å². The Morgan fingerprint density at radius 2 is 1.64 bits per heavy atom. The summed E-state index contributed by atoms with van der Waals surface area (Å²) in [6, 6.07) is 17.6. The van der Waals surface area contributed by atoms with Crippen molar-refractivity contribution in [2.24, 2.45) is 10.7 Å². The predicted molar refractivity (Wildman–Crippen MR) is 91.2 cm³/mol. The van der Waals surface area contributed by atoms with Gasteiger partial charge in [-0.2, -0.15) is 0 Å². The van der Waals surface area contributed by atoms with Crippen LogP contribution in [0.2, 0.25) is 0 Å². The molecule has 4 heteroatoms. The number of para-hydroxylation sites is 2. The maximum Gasteiger partial charge on any atom is 0.191 e. The van der Waals surface area contributed by atoms with E-state index in [0.717, 1.165) is 30.2 Å². The van der Waals surface area contributed by atoms with E-state index in [1.54, 1.807) is 0 Å². The minimum Gasteiger partial charge on any atom is -0.457 e. The third kappa shape index (κ3) is 4.25. The lowest BCUT2D eigenvalue weighted by Crippen LogP contribution is -2.37. The zero-order chi connectivity index (χ0) is 15.8. The zero-order valence-corrected chi connectivity index (χ0v) is 13.2. The maximum absolute atomic E-state index is 6.02. The predicted octanol–water partition coefficient (Wildman–Crippen LogP) is 3.64. The van der Waals surface area contributed by atoms with Crippen LogP contribution in [0.15, 0.2) is 59.6 Å². The van der Waals surface area contributed by atoms with Crippen molar-refractivity contribution >= 4 is 5.96 Å². The Balaban J connectivity index is 2.13. The van der Waals surface area contributed by atoms with Crippen LogP contribution < -0.4 is 10.5 Å². The van der Waals surface area contributed by atoms with Crippen LogP contribution in [-0.2, 0) is 6.54 Å². The van der Waals surface area contributed by atoms with Crippen molar-refractivity contribution in [3.63, 3.8) is 0 Å². The summed E-state index contributed by atoms with van der Waals surface area (Å²) < 4.78 is 5.93. The molecule has 0 spiro atoms. The van der Waals surface area contributed by atoms with Crippen molar-refractivity contribution in [1.82, 2.24) is 4.90 Å². The Morgan fingerprint density at radius 3 is 2.32 bits per heavy atom. The van der Waals surface area contributed by atoms with Gasteiger partial charge in [-0.25, -0.2) is 4.99 Å². The van der Waals surface area contributed by atoms with Gasteiger partial charge in [0.05, 0.1) is 6.54 Å². The molecule has 0 radical (unpaired) electrons. The van der Waals surface area contributed by atoms with Gasteiger partial charge in [0.1, 0.15) is 11.5 Å². The Morgan fingerprint density at radius 1 is 1.00 bits per heavy atom. The Kier molecular flexibility index (Phi) is 5.83. The van der Waals surface area contributed by atoms with Gasteiger partial charge in [-0.15, -0.1) is 0 Å². The van der Waals surface area contributed by atoms with E-state index in [2.05, 4.69) is 18.8 Å². The van der Waals surface area contributed by atoms with Crippen molar-refractivity contribution in [3.8, 4) is 11.5 Å². The molecule has 4 nitrogen and oxygen atoms in total. The molecule has 2 aromatic carbocycles. The highest BCUT2D eigenvalue weighted by atomic mass is 16.5. The average Bonchev–Trinajstić information content (AvgIpc) is 2.56. The fourth-order valence-corrected chi connectivity index (χ4v) is 2.16. The van der Waals surface area contributed by atoms with Gasteiger partial charge in [0.25, 0.3) is 0 Å². The summed E-state index contributed by atoms with van der Waals surface area (Å²) in [6.45, 7) is 6.35. The van der Waals surface area contributed by atoms with Gasteiger partial charge in [0.15, 0.2) is 5.96 Å². The van der Waals surface area contributed by atoms with Crippen LogP contribution >= 0.6 is 0 Å². The van der Waals surface area contributed by atoms with Crippen molar-refractivity contribution in [3.05, 3.63) is 60.2 Å². The molecule has 0 aromatic heterocycles. The van der Waals surface area contributed by atoms with E-state index in [-0.39, 0.29) is 0 Å². The van der Waals surface area contributed by atoms with E-state index in [1.165, 1.54) is 0 Å². The first-order valence-electron chi connectivity index (χ1n) is 7.60. The summed E-state index contributed by atoms with van der Waals surface area (Å²) >= 11 is 0. The molecule has 2 aromatic rings. The molecule has 0 heterocycles. The van der Waals surface area contributed by atoms with Crippen molar-refractivity contribution < 1.29 is 4.74 Å². The second kappa shape index (κ2) is 8.08. The highest BCUT2D eigenvalue weighted by molar-refractivity contribution is 5.78. The van der Waals surface area contributed by atoms with Gasteiger partial charge in [0.2, 0.25) is 0 Å². The highest BCUT2D eigenvalue weighted by Gasteiger charge is 2.06. The van der Waals surface area contributed by atoms with E-state index >= 15 is 0 Å². The zero-order valence-electron chi connectivity index (χ0n) is 13.2. The van der Waals surface area contributed by atoms with Gasteiger partial charge in [-0.05, 0) is 32.0 Å². The summed E-state index contributed by atoms with van der Waals surface area (Å²) in [7, 11) is 0. The first kappa shape index (κ1) is 15.9. The minimum atomic E-state index is 0.505. The Hall–Kier alpha value is -2.49. The fraction of sp³-hybridized carbons (Fsp3) is 0.278. The molecule has 0 unspecified atom stereocenters.